The standard InChI is InChI=1S/C28H31N5OS/c1-2-19-12-13-25-26(15-19)35-27(32-25)17-22-16-21(14-20-8-4-3-5-9-20)30-28(31-22)33-24-11-7-6-10-23(24)29-18-34/h3-5,8-9,12-13,15-16,18,23-24H,2,6-7,10-11,14,17H2,1H3,(H,29,34)(H,30,31,33)/t23-,24+/m0/s1. The first-order valence-electron chi connectivity index (χ1n) is 12.5. The molecule has 6 nitrogen and oxygen atoms in total. The van der Waals surface area contributed by atoms with Gasteiger partial charge in [0.1, 0.15) is 0 Å². The maximum absolute atomic E-state index is 11.1. The van der Waals surface area contributed by atoms with Gasteiger partial charge in [0.2, 0.25) is 12.4 Å². The fourth-order valence-corrected chi connectivity index (χ4v) is 5.87. The summed E-state index contributed by atoms with van der Waals surface area (Å²) in [6, 6.07) is 19.2. The molecule has 2 N–H and O–H groups in total. The Morgan fingerprint density at radius 1 is 0.914 bits per heavy atom. The van der Waals surface area contributed by atoms with E-state index in [0.717, 1.165) is 66.8 Å². The summed E-state index contributed by atoms with van der Waals surface area (Å²) in [5, 5.41) is 7.59. The van der Waals surface area contributed by atoms with Gasteiger partial charge < -0.3 is 10.6 Å². The third-order valence-corrected chi connectivity index (χ3v) is 7.68. The summed E-state index contributed by atoms with van der Waals surface area (Å²) in [5.74, 6) is 0.632. The van der Waals surface area contributed by atoms with Crippen molar-refractivity contribution in [2.75, 3.05) is 5.32 Å². The summed E-state index contributed by atoms with van der Waals surface area (Å²) >= 11 is 1.74. The number of fused-ring (bicyclic) bond motifs is 1. The first-order chi connectivity index (χ1) is 17.2. The van der Waals surface area contributed by atoms with Gasteiger partial charge in [-0.05, 0) is 48.6 Å². The van der Waals surface area contributed by atoms with Gasteiger partial charge in [0, 0.05) is 24.9 Å². The van der Waals surface area contributed by atoms with Crippen molar-refractivity contribution < 1.29 is 4.79 Å². The quantitative estimate of drug-likeness (QED) is 0.315. The predicted molar refractivity (Wildman–Crippen MR) is 142 cm³/mol. The van der Waals surface area contributed by atoms with E-state index in [-0.39, 0.29) is 12.1 Å². The van der Waals surface area contributed by atoms with Crippen molar-refractivity contribution >= 4 is 33.9 Å². The van der Waals surface area contributed by atoms with Crippen molar-refractivity contribution in [2.24, 2.45) is 0 Å². The zero-order chi connectivity index (χ0) is 24.0. The van der Waals surface area contributed by atoms with E-state index in [1.54, 1.807) is 11.3 Å². The van der Waals surface area contributed by atoms with E-state index in [0.29, 0.717) is 12.4 Å². The molecule has 4 aromatic rings. The van der Waals surface area contributed by atoms with Crippen LogP contribution in [0.3, 0.4) is 0 Å². The lowest BCUT2D eigenvalue weighted by Gasteiger charge is -2.31. The average Bonchev–Trinajstić information content (AvgIpc) is 3.27. The van der Waals surface area contributed by atoms with Crippen molar-refractivity contribution in [1.82, 2.24) is 20.3 Å². The van der Waals surface area contributed by atoms with Gasteiger partial charge in [0.05, 0.1) is 26.6 Å². The maximum Gasteiger partial charge on any atom is 0.223 e. The molecule has 7 heteroatoms. The monoisotopic (exact) mass is 485 g/mol. The normalized spacial score (nSPS) is 17.9. The number of aromatic nitrogens is 3. The van der Waals surface area contributed by atoms with Crippen molar-refractivity contribution in [3.8, 4) is 0 Å². The largest absolute Gasteiger partial charge is 0.354 e. The van der Waals surface area contributed by atoms with Crippen LogP contribution in [0.25, 0.3) is 10.2 Å². The molecule has 2 atom stereocenters. The van der Waals surface area contributed by atoms with Crippen LogP contribution in [0.2, 0.25) is 0 Å². The van der Waals surface area contributed by atoms with Crippen LogP contribution < -0.4 is 10.6 Å². The minimum atomic E-state index is 0.100. The number of nitrogens with zero attached hydrogens (tertiary/aromatic N) is 3. The van der Waals surface area contributed by atoms with Crippen LogP contribution in [0, 0.1) is 0 Å². The summed E-state index contributed by atoms with van der Waals surface area (Å²) in [6.45, 7) is 2.17. The number of hydrogen-bond donors (Lipinski definition) is 2. The summed E-state index contributed by atoms with van der Waals surface area (Å²) in [5.41, 5.74) is 5.53. The summed E-state index contributed by atoms with van der Waals surface area (Å²) in [6.07, 6.45) is 7.46. The molecule has 0 bridgehead atoms. The predicted octanol–water partition coefficient (Wildman–Crippen LogP) is 5.30. The number of amides is 1. The molecular formula is C28H31N5OS. The fraction of sp³-hybridized carbons (Fsp3) is 0.357. The van der Waals surface area contributed by atoms with Crippen LogP contribution in [-0.2, 0) is 24.1 Å². The molecule has 35 heavy (non-hydrogen) atoms. The van der Waals surface area contributed by atoms with Gasteiger partial charge in [-0.2, -0.15) is 0 Å². The molecule has 5 rings (SSSR count). The highest BCUT2D eigenvalue weighted by atomic mass is 32.1. The molecule has 2 heterocycles. The highest BCUT2D eigenvalue weighted by Gasteiger charge is 2.25. The Balaban J connectivity index is 1.43. The molecule has 2 aromatic heterocycles. The molecule has 0 unspecified atom stereocenters. The Kier molecular flexibility index (Phi) is 7.33. The highest BCUT2D eigenvalue weighted by molar-refractivity contribution is 7.18. The van der Waals surface area contributed by atoms with Gasteiger partial charge in [0.25, 0.3) is 0 Å². The van der Waals surface area contributed by atoms with Crippen LogP contribution in [0.4, 0.5) is 5.95 Å². The highest BCUT2D eigenvalue weighted by Crippen LogP contribution is 2.26. The zero-order valence-electron chi connectivity index (χ0n) is 20.0. The maximum atomic E-state index is 11.1. The van der Waals surface area contributed by atoms with Crippen LogP contribution >= 0.6 is 11.3 Å². The van der Waals surface area contributed by atoms with Gasteiger partial charge in [0.15, 0.2) is 0 Å². The average molecular weight is 486 g/mol. The number of hydrogen-bond acceptors (Lipinski definition) is 6. The van der Waals surface area contributed by atoms with E-state index in [2.05, 4.69) is 66.1 Å². The van der Waals surface area contributed by atoms with Gasteiger partial charge >= 0.3 is 0 Å². The molecule has 1 aliphatic rings. The summed E-state index contributed by atoms with van der Waals surface area (Å²) in [7, 11) is 0. The Bertz CT molecular complexity index is 1290. The Hall–Kier alpha value is -3.32. The number of nitrogens with one attached hydrogen (secondary N) is 2. The first kappa shape index (κ1) is 23.4. The molecule has 2 aromatic carbocycles. The third kappa shape index (κ3) is 5.85. The van der Waals surface area contributed by atoms with Gasteiger partial charge in [-0.15, -0.1) is 11.3 Å². The third-order valence-electron chi connectivity index (χ3n) is 6.66. The topological polar surface area (TPSA) is 79.8 Å². The van der Waals surface area contributed by atoms with Crippen LogP contribution in [0.1, 0.15) is 60.1 Å². The number of carbonyl (C=O) groups excluding carboxylic acids is 1. The fourth-order valence-electron chi connectivity index (χ4n) is 4.83. The smallest absolute Gasteiger partial charge is 0.223 e. The summed E-state index contributed by atoms with van der Waals surface area (Å²) < 4.78 is 1.22. The Morgan fingerprint density at radius 3 is 2.46 bits per heavy atom. The molecule has 1 fully saturated rings. The molecule has 0 spiro atoms. The van der Waals surface area contributed by atoms with E-state index in [1.807, 2.05) is 6.07 Å². The minimum Gasteiger partial charge on any atom is -0.354 e. The molecular weight excluding hydrogens is 454 g/mol. The van der Waals surface area contributed by atoms with E-state index < -0.39 is 0 Å². The van der Waals surface area contributed by atoms with Crippen LogP contribution in [0.5, 0.6) is 0 Å². The second kappa shape index (κ2) is 11.0. The van der Waals surface area contributed by atoms with Crippen molar-refractivity contribution in [1.29, 1.82) is 0 Å². The van der Waals surface area contributed by atoms with E-state index >= 15 is 0 Å². The van der Waals surface area contributed by atoms with Crippen molar-refractivity contribution in [2.45, 2.75) is 64.0 Å². The molecule has 1 aliphatic carbocycles. The number of benzene rings is 2. The van der Waals surface area contributed by atoms with Gasteiger partial charge in [-0.3, -0.25) is 4.79 Å². The molecule has 0 aliphatic heterocycles. The van der Waals surface area contributed by atoms with E-state index in [4.69, 9.17) is 15.0 Å². The lowest BCUT2D eigenvalue weighted by atomic mass is 9.90. The molecule has 180 valence electrons. The minimum absolute atomic E-state index is 0.100. The number of anilines is 1. The molecule has 0 saturated heterocycles. The van der Waals surface area contributed by atoms with Gasteiger partial charge in [-0.1, -0.05) is 56.2 Å². The lowest BCUT2D eigenvalue weighted by molar-refractivity contribution is -0.110. The second-order valence-electron chi connectivity index (χ2n) is 9.20. The van der Waals surface area contributed by atoms with Gasteiger partial charge in [-0.25, -0.2) is 15.0 Å². The zero-order valence-corrected chi connectivity index (χ0v) is 20.9. The van der Waals surface area contributed by atoms with E-state index in [1.165, 1.54) is 15.8 Å². The lowest BCUT2D eigenvalue weighted by Crippen LogP contribution is -2.46. The van der Waals surface area contributed by atoms with Crippen LogP contribution in [-0.4, -0.2) is 33.4 Å². The summed E-state index contributed by atoms with van der Waals surface area (Å²) in [4.78, 5) is 25.8. The number of aryl methyl sites for hydroxylation is 1. The van der Waals surface area contributed by atoms with E-state index in [9.17, 15) is 4.79 Å². The van der Waals surface area contributed by atoms with Crippen LogP contribution in [0.15, 0.2) is 54.6 Å². The van der Waals surface area contributed by atoms with Crippen molar-refractivity contribution in [3.63, 3.8) is 0 Å². The number of thiazole rings is 1. The Labute approximate surface area is 210 Å². The second-order valence-corrected chi connectivity index (χ2v) is 10.3. The number of rotatable bonds is 9. The molecule has 0 radical (unpaired) electrons. The number of carbonyl (C=O) groups is 1. The molecule has 1 saturated carbocycles. The molecule has 1 amide bonds. The first-order valence-corrected chi connectivity index (χ1v) is 13.3. The SMILES string of the molecule is CCc1ccc2nc(Cc3cc(Cc4ccccc4)nc(N[C@@H]4CCCC[C@@H]4NC=O)n3)sc2c1. The van der Waals surface area contributed by atoms with Crippen molar-refractivity contribution in [3.05, 3.63) is 82.1 Å². The Morgan fingerprint density at radius 2 is 1.69 bits per heavy atom.